The SMILES string of the molecule is O=C(C1CCC(Cn2c(=O)[nH]c3ccsc3c2=O)CC1)N1CCCCC1. The molecule has 1 amide bonds. The molecule has 3 heterocycles. The molecule has 2 aliphatic rings. The van der Waals surface area contributed by atoms with Crippen molar-refractivity contribution in [3.63, 3.8) is 0 Å². The van der Waals surface area contributed by atoms with E-state index in [2.05, 4.69) is 4.98 Å². The Morgan fingerprint density at radius 1 is 1.12 bits per heavy atom. The second-order valence-corrected chi connectivity index (χ2v) is 8.53. The lowest BCUT2D eigenvalue weighted by Crippen LogP contribution is -2.41. The Labute approximate surface area is 155 Å². The lowest BCUT2D eigenvalue weighted by molar-refractivity contribution is -0.137. The number of piperidine rings is 1. The molecule has 7 heteroatoms. The largest absolute Gasteiger partial charge is 0.342 e. The van der Waals surface area contributed by atoms with E-state index < -0.39 is 0 Å². The number of amides is 1. The third-order valence-electron chi connectivity index (χ3n) is 5.90. The molecule has 4 rings (SSSR count). The monoisotopic (exact) mass is 375 g/mol. The molecular weight excluding hydrogens is 350 g/mol. The first kappa shape index (κ1) is 17.5. The third kappa shape index (κ3) is 3.37. The summed E-state index contributed by atoms with van der Waals surface area (Å²) in [5, 5.41) is 1.82. The number of likely N-dealkylation sites (tertiary alicyclic amines) is 1. The van der Waals surface area contributed by atoms with Crippen LogP contribution < -0.4 is 11.2 Å². The van der Waals surface area contributed by atoms with Crippen LogP contribution in [0.3, 0.4) is 0 Å². The van der Waals surface area contributed by atoms with E-state index in [1.165, 1.54) is 22.3 Å². The molecule has 1 saturated heterocycles. The van der Waals surface area contributed by atoms with E-state index in [1.807, 2.05) is 10.3 Å². The highest BCUT2D eigenvalue weighted by Crippen LogP contribution is 2.31. The Morgan fingerprint density at radius 2 is 1.85 bits per heavy atom. The van der Waals surface area contributed by atoms with Crippen molar-refractivity contribution in [2.75, 3.05) is 13.1 Å². The van der Waals surface area contributed by atoms with Gasteiger partial charge < -0.3 is 9.88 Å². The quantitative estimate of drug-likeness (QED) is 0.896. The van der Waals surface area contributed by atoms with Gasteiger partial charge in [0.15, 0.2) is 0 Å². The maximum Gasteiger partial charge on any atom is 0.328 e. The highest BCUT2D eigenvalue weighted by Gasteiger charge is 2.30. The lowest BCUT2D eigenvalue weighted by atomic mass is 9.81. The summed E-state index contributed by atoms with van der Waals surface area (Å²) in [5.41, 5.74) is 0.106. The topological polar surface area (TPSA) is 75.2 Å². The van der Waals surface area contributed by atoms with Crippen LogP contribution in [0.2, 0.25) is 0 Å². The molecule has 0 aromatic carbocycles. The van der Waals surface area contributed by atoms with Crippen LogP contribution in [0.5, 0.6) is 0 Å². The van der Waals surface area contributed by atoms with Gasteiger partial charge in [-0.2, -0.15) is 0 Å². The lowest BCUT2D eigenvalue weighted by Gasteiger charge is -2.34. The second kappa shape index (κ2) is 7.39. The summed E-state index contributed by atoms with van der Waals surface area (Å²) in [6.07, 6.45) is 7.02. The van der Waals surface area contributed by atoms with Crippen molar-refractivity contribution in [2.45, 2.75) is 51.5 Å². The first-order valence-corrected chi connectivity index (χ1v) is 10.5. The number of H-pyrrole nitrogens is 1. The smallest absolute Gasteiger partial charge is 0.328 e. The number of hydrogen-bond acceptors (Lipinski definition) is 4. The fourth-order valence-corrected chi connectivity index (χ4v) is 5.16. The minimum absolute atomic E-state index is 0.124. The number of carbonyl (C=O) groups excluding carboxylic acids is 1. The van der Waals surface area contributed by atoms with Crippen LogP contribution in [0.25, 0.3) is 10.2 Å². The zero-order valence-corrected chi connectivity index (χ0v) is 15.7. The Balaban J connectivity index is 1.40. The number of nitrogens with one attached hydrogen (secondary N) is 1. The number of carbonyl (C=O) groups is 1. The van der Waals surface area contributed by atoms with Gasteiger partial charge in [-0.25, -0.2) is 4.79 Å². The summed E-state index contributed by atoms with van der Waals surface area (Å²) in [5.74, 6) is 0.730. The van der Waals surface area contributed by atoms with Crippen LogP contribution in [0.15, 0.2) is 21.0 Å². The number of thiophene rings is 1. The van der Waals surface area contributed by atoms with Crippen molar-refractivity contribution in [2.24, 2.45) is 11.8 Å². The van der Waals surface area contributed by atoms with Gasteiger partial charge in [-0.3, -0.25) is 14.2 Å². The minimum Gasteiger partial charge on any atom is -0.342 e. The van der Waals surface area contributed by atoms with E-state index in [4.69, 9.17) is 0 Å². The summed E-state index contributed by atoms with van der Waals surface area (Å²) >= 11 is 1.37. The van der Waals surface area contributed by atoms with E-state index in [9.17, 15) is 14.4 Å². The molecule has 0 unspecified atom stereocenters. The molecule has 2 aromatic rings. The van der Waals surface area contributed by atoms with Crippen LogP contribution >= 0.6 is 11.3 Å². The van der Waals surface area contributed by atoms with Crippen LogP contribution in [0.1, 0.15) is 44.9 Å². The summed E-state index contributed by atoms with van der Waals surface area (Å²) < 4.78 is 1.95. The van der Waals surface area contributed by atoms with Crippen molar-refractivity contribution in [1.29, 1.82) is 0 Å². The van der Waals surface area contributed by atoms with Gasteiger partial charge in [-0.05, 0) is 62.3 Å². The van der Waals surface area contributed by atoms with Gasteiger partial charge >= 0.3 is 5.69 Å². The minimum atomic E-state index is -0.326. The molecule has 26 heavy (non-hydrogen) atoms. The molecule has 140 valence electrons. The maximum atomic E-state index is 12.7. The van der Waals surface area contributed by atoms with E-state index in [0.717, 1.165) is 51.6 Å². The van der Waals surface area contributed by atoms with Gasteiger partial charge in [0.25, 0.3) is 5.56 Å². The molecule has 0 radical (unpaired) electrons. The number of rotatable bonds is 3. The van der Waals surface area contributed by atoms with Gasteiger partial charge in [0.2, 0.25) is 5.91 Å². The van der Waals surface area contributed by atoms with Crippen molar-refractivity contribution in [3.05, 3.63) is 32.3 Å². The number of aromatic amines is 1. The number of hydrogen-bond donors (Lipinski definition) is 1. The molecule has 1 N–H and O–H groups in total. The second-order valence-electron chi connectivity index (χ2n) is 7.61. The molecular formula is C19H25N3O3S. The van der Waals surface area contributed by atoms with Crippen LogP contribution in [0, 0.1) is 11.8 Å². The zero-order valence-electron chi connectivity index (χ0n) is 14.9. The van der Waals surface area contributed by atoms with E-state index in [1.54, 1.807) is 6.07 Å². The Hall–Kier alpha value is -1.89. The predicted molar refractivity (Wildman–Crippen MR) is 103 cm³/mol. The van der Waals surface area contributed by atoms with Crippen molar-refractivity contribution in [3.8, 4) is 0 Å². The molecule has 0 bridgehead atoms. The predicted octanol–water partition coefficient (Wildman–Crippen LogP) is 2.57. The van der Waals surface area contributed by atoms with Crippen molar-refractivity contribution < 1.29 is 4.79 Å². The number of fused-ring (bicyclic) bond motifs is 1. The third-order valence-corrected chi connectivity index (χ3v) is 6.80. The van der Waals surface area contributed by atoms with Crippen LogP contribution in [0.4, 0.5) is 0 Å². The average Bonchev–Trinajstić information content (AvgIpc) is 3.14. The van der Waals surface area contributed by atoms with Crippen LogP contribution in [-0.2, 0) is 11.3 Å². The number of nitrogens with zero attached hydrogens (tertiary/aromatic N) is 2. The molecule has 2 fully saturated rings. The van der Waals surface area contributed by atoms with E-state index in [0.29, 0.717) is 22.7 Å². The maximum absolute atomic E-state index is 12.7. The molecule has 2 aromatic heterocycles. The van der Waals surface area contributed by atoms with Gasteiger partial charge in [0.05, 0.1) is 5.52 Å². The molecule has 1 aliphatic carbocycles. The first-order valence-electron chi connectivity index (χ1n) is 9.62. The first-order chi connectivity index (χ1) is 12.6. The average molecular weight is 375 g/mol. The van der Waals surface area contributed by atoms with Gasteiger partial charge in [0, 0.05) is 25.6 Å². The Morgan fingerprint density at radius 3 is 2.58 bits per heavy atom. The summed E-state index contributed by atoms with van der Waals surface area (Å²) in [6, 6.07) is 1.77. The van der Waals surface area contributed by atoms with Gasteiger partial charge in [-0.15, -0.1) is 11.3 Å². The summed E-state index contributed by atoms with van der Waals surface area (Å²) in [4.78, 5) is 42.3. The van der Waals surface area contributed by atoms with Gasteiger partial charge in [0.1, 0.15) is 4.70 Å². The number of aromatic nitrogens is 2. The fraction of sp³-hybridized carbons (Fsp3) is 0.632. The Kier molecular flexibility index (Phi) is 4.98. The summed E-state index contributed by atoms with van der Waals surface area (Å²) in [7, 11) is 0. The molecule has 0 spiro atoms. The Bertz CT molecular complexity index is 899. The normalized spacial score (nSPS) is 24.1. The summed E-state index contributed by atoms with van der Waals surface area (Å²) in [6.45, 7) is 2.27. The fourth-order valence-electron chi connectivity index (χ4n) is 4.36. The molecule has 1 aliphatic heterocycles. The standard InChI is InChI=1S/C19H25N3O3S/c23-17(21-9-2-1-3-10-21)14-6-4-13(5-7-14)12-22-18(24)16-15(8-11-26-16)20-19(22)25/h8,11,13-14H,1-7,9-10,12H2,(H,20,25). The highest BCUT2D eigenvalue weighted by molar-refractivity contribution is 7.17. The van der Waals surface area contributed by atoms with E-state index in [-0.39, 0.29) is 23.1 Å². The van der Waals surface area contributed by atoms with Crippen molar-refractivity contribution in [1.82, 2.24) is 14.5 Å². The van der Waals surface area contributed by atoms with Crippen molar-refractivity contribution >= 4 is 27.5 Å². The zero-order chi connectivity index (χ0) is 18.1. The molecule has 1 saturated carbocycles. The molecule has 0 atom stereocenters. The van der Waals surface area contributed by atoms with Gasteiger partial charge in [-0.1, -0.05) is 0 Å². The highest BCUT2D eigenvalue weighted by atomic mass is 32.1. The van der Waals surface area contributed by atoms with Crippen LogP contribution in [-0.4, -0.2) is 33.4 Å². The molecule has 6 nitrogen and oxygen atoms in total. The van der Waals surface area contributed by atoms with E-state index >= 15 is 0 Å².